The Morgan fingerprint density at radius 3 is 2.12 bits per heavy atom. The molecule has 4 heteroatoms. The molecule has 2 N–H and O–H groups in total. The summed E-state index contributed by atoms with van der Waals surface area (Å²) in [4.78, 5) is 21.8. The Morgan fingerprint density at radius 2 is 1.76 bits per heavy atom. The van der Waals surface area contributed by atoms with Gasteiger partial charge < -0.3 is 10.4 Å². The second kappa shape index (κ2) is 6.62. The van der Waals surface area contributed by atoms with E-state index in [-0.39, 0.29) is 11.3 Å². The van der Waals surface area contributed by atoms with Gasteiger partial charge in [0.1, 0.15) is 6.04 Å². The van der Waals surface area contributed by atoms with Gasteiger partial charge >= 0.3 is 5.97 Å². The summed E-state index contributed by atoms with van der Waals surface area (Å²) in [5, 5.41) is 11.4. The summed E-state index contributed by atoms with van der Waals surface area (Å²) in [5.74, 6) is -0.783. The van der Waals surface area contributed by atoms with Gasteiger partial charge in [-0.15, -0.1) is 0 Å². The number of amides is 1. The molecule has 100 valence electrons. The molecule has 0 aliphatic heterocycles. The van der Waals surface area contributed by atoms with E-state index in [1.807, 2.05) is 0 Å². The van der Waals surface area contributed by atoms with Crippen LogP contribution in [0.1, 0.15) is 53.9 Å². The van der Waals surface area contributed by atoms with Gasteiger partial charge in [-0.1, -0.05) is 27.7 Å². The van der Waals surface area contributed by atoms with Gasteiger partial charge in [-0.25, -0.2) is 4.79 Å². The highest BCUT2D eigenvalue weighted by atomic mass is 16.4. The number of carbonyl (C=O) groups excluding carboxylic acids is 1. The van der Waals surface area contributed by atoms with Crippen LogP contribution in [0.2, 0.25) is 0 Å². The molecule has 0 saturated heterocycles. The first kappa shape index (κ1) is 15.9. The van der Waals surface area contributed by atoms with Gasteiger partial charge in [-0.3, -0.25) is 4.79 Å². The molecule has 0 fully saturated rings. The van der Waals surface area contributed by atoms with Gasteiger partial charge in [-0.05, 0) is 30.6 Å². The number of carboxylic acids is 1. The zero-order chi connectivity index (χ0) is 13.6. The number of hydrogen-bond acceptors (Lipinski definition) is 2. The summed E-state index contributed by atoms with van der Waals surface area (Å²) in [6.07, 6.45) is 2.36. The highest BCUT2D eigenvalue weighted by Crippen LogP contribution is 2.26. The Morgan fingerprint density at radius 1 is 1.24 bits per heavy atom. The quantitative estimate of drug-likeness (QED) is 0.753. The maximum absolute atomic E-state index is 10.9. The van der Waals surface area contributed by atoms with Crippen molar-refractivity contribution in [2.45, 2.75) is 59.9 Å². The maximum atomic E-state index is 10.9. The molecule has 0 aromatic heterocycles. The fourth-order valence-corrected chi connectivity index (χ4v) is 2.10. The van der Waals surface area contributed by atoms with Crippen molar-refractivity contribution < 1.29 is 14.7 Å². The smallest absolute Gasteiger partial charge is 0.326 e. The molecule has 0 rings (SSSR count). The van der Waals surface area contributed by atoms with Gasteiger partial charge in [0.2, 0.25) is 5.91 Å². The van der Waals surface area contributed by atoms with Crippen molar-refractivity contribution >= 4 is 11.9 Å². The first-order valence-corrected chi connectivity index (χ1v) is 6.11. The van der Waals surface area contributed by atoms with E-state index in [1.54, 1.807) is 0 Å². The van der Waals surface area contributed by atoms with E-state index in [0.29, 0.717) is 12.3 Å². The van der Waals surface area contributed by atoms with Gasteiger partial charge in [0.15, 0.2) is 0 Å². The molecule has 0 aliphatic carbocycles. The van der Waals surface area contributed by atoms with E-state index in [0.717, 1.165) is 12.8 Å². The molecule has 1 amide bonds. The summed E-state index contributed by atoms with van der Waals surface area (Å²) in [7, 11) is 0. The van der Waals surface area contributed by atoms with E-state index in [2.05, 4.69) is 33.0 Å². The Hall–Kier alpha value is -1.06. The van der Waals surface area contributed by atoms with Crippen LogP contribution in [0.5, 0.6) is 0 Å². The topological polar surface area (TPSA) is 66.4 Å². The number of carboxylic acid groups (broad SMARTS) is 1. The standard InChI is InChI=1S/C13H25NO3/c1-9(8-13(3,4)5)6-7-11(12(16)17)14-10(2)15/h9,11H,6-8H2,1-5H3,(H,14,15)(H,16,17). The summed E-state index contributed by atoms with van der Waals surface area (Å²) >= 11 is 0. The van der Waals surface area contributed by atoms with Crippen LogP contribution in [0.4, 0.5) is 0 Å². The van der Waals surface area contributed by atoms with Crippen LogP contribution < -0.4 is 5.32 Å². The lowest BCUT2D eigenvalue weighted by atomic mass is 9.83. The van der Waals surface area contributed by atoms with Crippen LogP contribution in [-0.2, 0) is 9.59 Å². The normalized spacial score (nSPS) is 15.1. The third-order valence-electron chi connectivity index (χ3n) is 2.58. The molecule has 0 aliphatic rings. The van der Waals surface area contributed by atoms with E-state index in [1.165, 1.54) is 6.92 Å². The predicted molar refractivity (Wildman–Crippen MR) is 67.7 cm³/mol. The van der Waals surface area contributed by atoms with Crippen molar-refractivity contribution in [3.63, 3.8) is 0 Å². The molecule has 0 aromatic rings. The van der Waals surface area contributed by atoms with Crippen molar-refractivity contribution in [1.82, 2.24) is 5.32 Å². The highest BCUT2D eigenvalue weighted by molar-refractivity contribution is 5.81. The number of carbonyl (C=O) groups is 2. The predicted octanol–water partition coefficient (Wildman–Crippen LogP) is 2.43. The lowest BCUT2D eigenvalue weighted by Gasteiger charge is -2.24. The Labute approximate surface area is 104 Å². The molecule has 0 saturated carbocycles. The molecule has 0 bridgehead atoms. The van der Waals surface area contributed by atoms with Crippen LogP contribution in [0.3, 0.4) is 0 Å². The SMILES string of the molecule is CC(=O)NC(CCC(C)CC(C)(C)C)C(=O)O. The van der Waals surface area contributed by atoms with E-state index in [9.17, 15) is 9.59 Å². The molecular formula is C13H25NO3. The zero-order valence-electron chi connectivity index (χ0n) is 11.5. The Kier molecular flexibility index (Phi) is 6.21. The van der Waals surface area contributed by atoms with Crippen molar-refractivity contribution in [2.75, 3.05) is 0 Å². The molecular weight excluding hydrogens is 218 g/mol. The third-order valence-corrected chi connectivity index (χ3v) is 2.58. The lowest BCUT2D eigenvalue weighted by Crippen LogP contribution is -2.39. The molecule has 4 nitrogen and oxygen atoms in total. The lowest BCUT2D eigenvalue weighted by molar-refractivity contribution is -0.141. The maximum Gasteiger partial charge on any atom is 0.326 e. The zero-order valence-corrected chi connectivity index (χ0v) is 11.5. The fraction of sp³-hybridized carbons (Fsp3) is 0.846. The fourth-order valence-electron chi connectivity index (χ4n) is 2.10. The average Bonchev–Trinajstić information content (AvgIpc) is 2.08. The highest BCUT2D eigenvalue weighted by Gasteiger charge is 2.21. The Bertz CT molecular complexity index is 268. The Balaban J connectivity index is 4.13. The van der Waals surface area contributed by atoms with Crippen LogP contribution in [0.15, 0.2) is 0 Å². The van der Waals surface area contributed by atoms with Gasteiger partial charge in [0, 0.05) is 6.92 Å². The first-order valence-electron chi connectivity index (χ1n) is 6.11. The molecule has 0 heterocycles. The van der Waals surface area contributed by atoms with Gasteiger partial charge in [0.25, 0.3) is 0 Å². The van der Waals surface area contributed by atoms with Crippen molar-refractivity contribution in [3.8, 4) is 0 Å². The van der Waals surface area contributed by atoms with Gasteiger partial charge in [-0.2, -0.15) is 0 Å². The van der Waals surface area contributed by atoms with Crippen LogP contribution in [-0.4, -0.2) is 23.0 Å². The summed E-state index contributed by atoms with van der Waals surface area (Å²) in [6.45, 7) is 9.98. The van der Waals surface area contributed by atoms with Crippen LogP contribution >= 0.6 is 0 Å². The minimum atomic E-state index is -0.955. The van der Waals surface area contributed by atoms with Crippen molar-refractivity contribution in [1.29, 1.82) is 0 Å². The minimum Gasteiger partial charge on any atom is -0.480 e. The van der Waals surface area contributed by atoms with E-state index >= 15 is 0 Å². The van der Waals surface area contributed by atoms with Crippen LogP contribution in [0, 0.1) is 11.3 Å². The number of aliphatic carboxylic acids is 1. The summed E-state index contributed by atoms with van der Waals surface area (Å²) in [6, 6.07) is -0.755. The molecule has 0 aromatic carbocycles. The number of nitrogens with one attached hydrogen (secondary N) is 1. The summed E-state index contributed by atoms with van der Waals surface area (Å²) < 4.78 is 0. The second-order valence-corrected chi connectivity index (χ2v) is 6.04. The molecule has 0 spiro atoms. The number of hydrogen-bond donors (Lipinski definition) is 2. The average molecular weight is 243 g/mol. The second-order valence-electron chi connectivity index (χ2n) is 6.04. The minimum absolute atomic E-state index is 0.256. The van der Waals surface area contributed by atoms with Gasteiger partial charge in [0.05, 0.1) is 0 Å². The largest absolute Gasteiger partial charge is 0.480 e. The number of rotatable bonds is 6. The third kappa shape index (κ3) is 8.72. The van der Waals surface area contributed by atoms with E-state index < -0.39 is 12.0 Å². The van der Waals surface area contributed by atoms with E-state index in [4.69, 9.17) is 5.11 Å². The molecule has 2 atom stereocenters. The molecule has 17 heavy (non-hydrogen) atoms. The summed E-state index contributed by atoms with van der Waals surface area (Å²) in [5.41, 5.74) is 0.256. The van der Waals surface area contributed by atoms with Crippen molar-refractivity contribution in [3.05, 3.63) is 0 Å². The molecule has 2 unspecified atom stereocenters. The van der Waals surface area contributed by atoms with Crippen molar-refractivity contribution in [2.24, 2.45) is 11.3 Å². The monoisotopic (exact) mass is 243 g/mol. The molecule has 0 radical (unpaired) electrons. The first-order chi connectivity index (χ1) is 7.61. The van der Waals surface area contributed by atoms with Crippen LogP contribution in [0.25, 0.3) is 0 Å².